The number of amides is 1. The molecule has 0 fully saturated rings. The molecule has 0 saturated heterocycles. The zero-order chi connectivity index (χ0) is 18.4. The van der Waals surface area contributed by atoms with E-state index in [0.717, 1.165) is 0 Å². The van der Waals surface area contributed by atoms with Gasteiger partial charge < -0.3 is 21.5 Å². The molecular formula is C12H13I2N7O3. The molecule has 24 heavy (non-hydrogen) atoms. The van der Waals surface area contributed by atoms with Crippen LogP contribution in [0.15, 0.2) is 12.4 Å². The van der Waals surface area contributed by atoms with Gasteiger partial charge in [0.25, 0.3) is 5.91 Å². The quantitative estimate of drug-likeness (QED) is 0.453. The Bertz CT molecular complexity index is 770. The molecule has 0 radical (unpaired) electrons. The third kappa shape index (κ3) is 5.66. The van der Waals surface area contributed by atoms with Crippen molar-refractivity contribution in [2.24, 2.45) is 0 Å². The van der Waals surface area contributed by atoms with Crippen LogP contribution in [0.2, 0.25) is 0 Å². The minimum Gasteiger partial charge on any atom is -0.476 e. The van der Waals surface area contributed by atoms with Gasteiger partial charge in [-0.2, -0.15) is 0 Å². The average Bonchev–Trinajstić information content (AvgIpc) is 2.51. The molecule has 1 amide bonds. The van der Waals surface area contributed by atoms with Crippen molar-refractivity contribution in [2.45, 2.75) is 0 Å². The van der Waals surface area contributed by atoms with Crippen LogP contribution < -0.4 is 11.5 Å². The molecule has 0 bridgehead atoms. The van der Waals surface area contributed by atoms with E-state index in [4.69, 9.17) is 16.6 Å². The van der Waals surface area contributed by atoms with Gasteiger partial charge in [0.1, 0.15) is 7.40 Å². The lowest BCUT2D eigenvalue weighted by Crippen LogP contribution is -2.24. The van der Waals surface area contributed by atoms with Crippen molar-refractivity contribution in [3.8, 4) is 0 Å². The Hall–Kier alpha value is -1.84. The van der Waals surface area contributed by atoms with E-state index in [1.807, 2.05) is 45.2 Å². The highest BCUT2D eigenvalue weighted by Crippen LogP contribution is 2.09. The highest BCUT2D eigenvalue weighted by atomic mass is 127. The monoisotopic (exact) mass is 557 g/mol. The van der Waals surface area contributed by atoms with Crippen LogP contribution in [-0.4, -0.2) is 55.9 Å². The van der Waals surface area contributed by atoms with E-state index in [1.165, 1.54) is 17.3 Å². The van der Waals surface area contributed by atoms with Crippen LogP contribution in [0.25, 0.3) is 0 Å². The molecule has 0 aliphatic carbocycles. The number of halogens is 2. The molecule has 10 nitrogen and oxygen atoms in total. The predicted molar refractivity (Wildman–Crippen MR) is 103 cm³/mol. The normalized spacial score (nSPS) is 9.67. The molecule has 5 N–H and O–H groups in total. The maximum Gasteiger partial charge on any atom is 0.358 e. The SMILES string of the molecule is CN(C)C(=O)c1nc(I)cnc1N.Nc1ncc(I)nc1C(=O)O. The summed E-state index contributed by atoms with van der Waals surface area (Å²) in [5.41, 5.74) is 10.7. The molecule has 0 unspecified atom stereocenters. The Labute approximate surface area is 164 Å². The summed E-state index contributed by atoms with van der Waals surface area (Å²) in [5, 5.41) is 8.50. The van der Waals surface area contributed by atoms with Gasteiger partial charge in [0.05, 0.1) is 12.4 Å². The Morgan fingerprint density at radius 1 is 1.00 bits per heavy atom. The number of carbonyl (C=O) groups is 2. The summed E-state index contributed by atoms with van der Waals surface area (Å²) in [7, 11) is 3.28. The fourth-order valence-corrected chi connectivity index (χ4v) is 2.04. The molecule has 0 aliphatic heterocycles. The van der Waals surface area contributed by atoms with E-state index in [0.29, 0.717) is 7.40 Å². The minimum atomic E-state index is -1.16. The summed E-state index contributed by atoms with van der Waals surface area (Å²) in [6.45, 7) is 0. The first-order valence-electron chi connectivity index (χ1n) is 6.14. The highest BCUT2D eigenvalue weighted by molar-refractivity contribution is 14.1. The molecule has 12 heteroatoms. The second kappa shape index (κ2) is 8.86. The molecule has 0 saturated carbocycles. The molecule has 0 aliphatic rings. The molecule has 2 rings (SSSR count). The van der Waals surface area contributed by atoms with Crippen LogP contribution in [0.1, 0.15) is 21.0 Å². The lowest BCUT2D eigenvalue weighted by Gasteiger charge is -2.10. The van der Waals surface area contributed by atoms with Crippen molar-refractivity contribution in [2.75, 3.05) is 25.6 Å². The zero-order valence-electron chi connectivity index (χ0n) is 12.6. The van der Waals surface area contributed by atoms with E-state index >= 15 is 0 Å². The number of carbonyl (C=O) groups excluding carboxylic acids is 1. The number of carboxylic acids is 1. The largest absolute Gasteiger partial charge is 0.476 e. The number of anilines is 2. The topological polar surface area (TPSA) is 161 Å². The van der Waals surface area contributed by atoms with Crippen LogP contribution in [0, 0.1) is 7.40 Å². The van der Waals surface area contributed by atoms with Crippen molar-refractivity contribution in [1.82, 2.24) is 24.8 Å². The summed E-state index contributed by atoms with van der Waals surface area (Å²) >= 11 is 3.84. The van der Waals surface area contributed by atoms with Crippen molar-refractivity contribution in [3.63, 3.8) is 0 Å². The number of nitrogens with two attached hydrogens (primary N) is 2. The Morgan fingerprint density at radius 2 is 1.42 bits per heavy atom. The first kappa shape index (κ1) is 20.2. The summed E-state index contributed by atoms with van der Waals surface area (Å²) in [5.74, 6) is -1.28. The van der Waals surface area contributed by atoms with Crippen LogP contribution in [0.3, 0.4) is 0 Å². The number of hydrogen-bond donors (Lipinski definition) is 3. The summed E-state index contributed by atoms with van der Waals surface area (Å²) in [6, 6.07) is 0. The molecule has 2 aromatic heterocycles. The Kier molecular flexibility index (Phi) is 7.46. The van der Waals surface area contributed by atoms with Gasteiger partial charge in [0.2, 0.25) is 0 Å². The van der Waals surface area contributed by atoms with Crippen LogP contribution >= 0.6 is 45.2 Å². The number of carboxylic acid groups (broad SMARTS) is 1. The molecule has 0 atom stereocenters. The smallest absolute Gasteiger partial charge is 0.358 e. The number of nitrogens with zero attached hydrogens (tertiary/aromatic N) is 5. The molecule has 0 aromatic carbocycles. The van der Waals surface area contributed by atoms with Crippen molar-refractivity contribution in [1.29, 1.82) is 0 Å². The van der Waals surface area contributed by atoms with Gasteiger partial charge in [-0.3, -0.25) is 4.79 Å². The van der Waals surface area contributed by atoms with E-state index in [-0.39, 0.29) is 28.9 Å². The average molecular weight is 557 g/mol. The second-order valence-electron chi connectivity index (χ2n) is 4.36. The van der Waals surface area contributed by atoms with Gasteiger partial charge in [-0.25, -0.2) is 24.7 Å². The summed E-state index contributed by atoms with van der Waals surface area (Å²) in [6.07, 6.45) is 2.92. The zero-order valence-corrected chi connectivity index (χ0v) is 16.9. The molecule has 2 aromatic rings. The number of rotatable bonds is 2. The fourth-order valence-electron chi connectivity index (χ4n) is 1.28. The second-order valence-corrected chi connectivity index (χ2v) is 6.57. The Balaban J connectivity index is 0.000000243. The number of aromatic carboxylic acids is 1. The van der Waals surface area contributed by atoms with E-state index in [1.54, 1.807) is 14.1 Å². The van der Waals surface area contributed by atoms with E-state index < -0.39 is 5.97 Å². The molecular weight excluding hydrogens is 544 g/mol. The first-order chi connectivity index (χ1) is 11.1. The fraction of sp³-hybridized carbons (Fsp3) is 0.167. The molecule has 2 heterocycles. The highest BCUT2D eigenvalue weighted by Gasteiger charge is 2.14. The van der Waals surface area contributed by atoms with Gasteiger partial charge in [0.15, 0.2) is 23.0 Å². The molecule has 0 spiro atoms. The number of hydrogen-bond acceptors (Lipinski definition) is 8. The maximum atomic E-state index is 11.5. The van der Waals surface area contributed by atoms with Crippen molar-refractivity contribution < 1.29 is 14.7 Å². The van der Waals surface area contributed by atoms with Gasteiger partial charge in [-0.15, -0.1) is 0 Å². The summed E-state index contributed by atoms with van der Waals surface area (Å²) < 4.78 is 1.16. The van der Waals surface area contributed by atoms with E-state index in [2.05, 4.69) is 19.9 Å². The van der Waals surface area contributed by atoms with Crippen LogP contribution in [0.4, 0.5) is 11.6 Å². The third-order valence-corrected chi connectivity index (χ3v) is 3.39. The number of aromatic nitrogens is 4. The number of nitrogen functional groups attached to an aromatic ring is 2. The van der Waals surface area contributed by atoms with Gasteiger partial charge >= 0.3 is 5.97 Å². The van der Waals surface area contributed by atoms with Gasteiger partial charge in [-0.05, 0) is 45.2 Å². The predicted octanol–water partition coefficient (Wildman–Crippen LogP) is 0.727. The van der Waals surface area contributed by atoms with Crippen molar-refractivity contribution >= 4 is 68.7 Å². The standard InChI is InChI=1S/C7H9IN4O.C5H4IN3O2/c1-12(2)7(13)5-6(9)10-3-4(8)11-5;6-2-1-8-4(7)3(9-2)5(10)11/h3H,1-2H3,(H2,9,10);1H,(H2,7,8)(H,10,11). The van der Waals surface area contributed by atoms with Crippen LogP contribution in [0.5, 0.6) is 0 Å². The maximum absolute atomic E-state index is 11.5. The first-order valence-corrected chi connectivity index (χ1v) is 8.30. The lowest BCUT2D eigenvalue weighted by molar-refractivity contribution is 0.0690. The minimum absolute atomic E-state index is 0.0575. The van der Waals surface area contributed by atoms with Gasteiger partial charge in [-0.1, -0.05) is 0 Å². The third-order valence-electron chi connectivity index (χ3n) is 2.35. The summed E-state index contributed by atoms with van der Waals surface area (Å²) in [4.78, 5) is 38.4. The lowest BCUT2D eigenvalue weighted by atomic mass is 10.3. The van der Waals surface area contributed by atoms with Gasteiger partial charge in [0, 0.05) is 14.1 Å². The van der Waals surface area contributed by atoms with Crippen molar-refractivity contribution in [3.05, 3.63) is 31.2 Å². The van der Waals surface area contributed by atoms with E-state index in [9.17, 15) is 9.59 Å². The Morgan fingerprint density at radius 3 is 1.79 bits per heavy atom. The molecule has 128 valence electrons. The van der Waals surface area contributed by atoms with Crippen LogP contribution in [-0.2, 0) is 0 Å².